The number of hydrogen-bond acceptors (Lipinski definition) is 2. The molecule has 2 aromatic carbocycles. The van der Waals surface area contributed by atoms with Crippen molar-refractivity contribution in [1.82, 2.24) is 9.47 Å². The number of rotatable bonds is 2. The van der Waals surface area contributed by atoms with Gasteiger partial charge in [0.05, 0.1) is 17.7 Å². The molecule has 1 aliphatic heterocycles. The molecule has 1 aromatic heterocycles. The fourth-order valence-corrected chi connectivity index (χ4v) is 3.45. The largest absolute Gasteiger partial charge is 0.348 e. The Morgan fingerprint density at radius 2 is 1.88 bits per heavy atom. The molecule has 26 heavy (non-hydrogen) atoms. The molecule has 0 bridgehead atoms. The van der Waals surface area contributed by atoms with Crippen LogP contribution in [0.1, 0.15) is 22.9 Å². The first-order valence-corrected chi connectivity index (χ1v) is 8.54. The summed E-state index contributed by atoms with van der Waals surface area (Å²) in [4.78, 5) is 14.9. The Balaban J connectivity index is 1.66. The monoisotopic (exact) mass is 342 g/mol. The summed E-state index contributed by atoms with van der Waals surface area (Å²) in [5.41, 5.74) is 3.33. The van der Waals surface area contributed by atoms with Crippen molar-refractivity contribution in [1.29, 1.82) is 5.26 Å². The summed E-state index contributed by atoms with van der Waals surface area (Å²) in [5.74, 6) is 0. The van der Waals surface area contributed by atoms with Crippen molar-refractivity contribution in [3.05, 3.63) is 89.7 Å². The fourth-order valence-electron chi connectivity index (χ4n) is 3.45. The lowest BCUT2D eigenvalue weighted by Gasteiger charge is -2.37. The highest BCUT2D eigenvalue weighted by Gasteiger charge is 2.32. The Morgan fingerprint density at radius 3 is 2.69 bits per heavy atom. The Kier molecular flexibility index (Phi) is 4.16. The van der Waals surface area contributed by atoms with Crippen LogP contribution < -0.4 is 5.32 Å². The highest BCUT2D eigenvalue weighted by Crippen LogP contribution is 2.32. The number of urea groups is 1. The van der Waals surface area contributed by atoms with Gasteiger partial charge in [0.1, 0.15) is 0 Å². The Morgan fingerprint density at radius 1 is 1.04 bits per heavy atom. The number of carbonyl (C=O) groups excluding carboxylic acids is 1. The number of benzene rings is 2. The molecule has 2 heterocycles. The molecule has 1 aliphatic rings. The molecule has 5 heteroatoms. The minimum absolute atomic E-state index is 0.140. The zero-order chi connectivity index (χ0) is 17.9. The van der Waals surface area contributed by atoms with Crippen LogP contribution in [-0.2, 0) is 6.54 Å². The number of anilines is 1. The van der Waals surface area contributed by atoms with Crippen LogP contribution in [0.25, 0.3) is 0 Å². The molecule has 2 amide bonds. The maximum Gasteiger partial charge on any atom is 0.322 e. The lowest BCUT2D eigenvalue weighted by molar-refractivity contribution is 0.182. The summed E-state index contributed by atoms with van der Waals surface area (Å²) in [6, 6.07) is 22.9. The number of nitrogens with one attached hydrogen (secondary N) is 1. The molecule has 0 saturated heterocycles. The summed E-state index contributed by atoms with van der Waals surface area (Å²) >= 11 is 0. The molecule has 0 radical (unpaired) electrons. The van der Waals surface area contributed by atoms with Gasteiger partial charge in [-0.25, -0.2) is 4.79 Å². The van der Waals surface area contributed by atoms with E-state index in [0.29, 0.717) is 17.8 Å². The summed E-state index contributed by atoms with van der Waals surface area (Å²) in [5, 5.41) is 12.0. The Bertz CT molecular complexity index is 971. The molecule has 5 nitrogen and oxygen atoms in total. The van der Waals surface area contributed by atoms with Gasteiger partial charge in [-0.3, -0.25) is 0 Å². The normalized spacial score (nSPS) is 15.8. The van der Waals surface area contributed by atoms with Crippen LogP contribution in [0.3, 0.4) is 0 Å². The van der Waals surface area contributed by atoms with E-state index >= 15 is 0 Å². The minimum Gasteiger partial charge on any atom is -0.348 e. The lowest BCUT2D eigenvalue weighted by atomic mass is 10.0. The third kappa shape index (κ3) is 2.93. The minimum atomic E-state index is -0.165. The van der Waals surface area contributed by atoms with Gasteiger partial charge in [-0.1, -0.05) is 36.4 Å². The standard InChI is InChI=1S/C21H18N4O/c22-15-16-6-4-9-18(14-16)23-21(26)25-13-12-24-11-5-10-19(24)20(25)17-7-2-1-3-8-17/h1-11,14,20H,12-13H2,(H,23,26). The molecule has 1 atom stereocenters. The predicted molar refractivity (Wildman–Crippen MR) is 99.6 cm³/mol. The van der Waals surface area contributed by atoms with Crippen molar-refractivity contribution < 1.29 is 4.79 Å². The number of fused-ring (bicyclic) bond motifs is 1. The fraction of sp³-hybridized carbons (Fsp3) is 0.143. The first kappa shape index (κ1) is 16.0. The van der Waals surface area contributed by atoms with Gasteiger partial charge >= 0.3 is 6.03 Å². The van der Waals surface area contributed by atoms with Crippen LogP contribution in [0, 0.1) is 11.3 Å². The van der Waals surface area contributed by atoms with Gasteiger partial charge in [0, 0.05) is 30.7 Å². The molecule has 128 valence electrons. The van der Waals surface area contributed by atoms with E-state index < -0.39 is 0 Å². The zero-order valence-electron chi connectivity index (χ0n) is 14.2. The van der Waals surface area contributed by atoms with E-state index in [-0.39, 0.29) is 12.1 Å². The topological polar surface area (TPSA) is 61.1 Å². The number of hydrogen-bond donors (Lipinski definition) is 1. The molecule has 0 fully saturated rings. The maximum absolute atomic E-state index is 13.0. The van der Waals surface area contributed by atoms with E-state index in [9.17, 15) is 4.79 Å². The molecule has 3 aromatic rings. The number of aromatic nitrogens is 1. The molecular weight excluding hydrogens is 324 g/mol. The SMILES string of the molecule is N#Cc1cccc(NC(=O)N2CCn3cccc3C2c2ccccc2)c1. The van der Waals surface area contributed by atoms with Crippen molar-refractivity contribution in [3.63, 3.8) is 0 Å². The molecular formula is C21H18N4O. The second kappa shape index (κ2) is 6.77. The Labute approximate surface area is 152 Å². The van der Waals surface area contributed by atoms with E-state index in [2.05, 4.69) is 28.2 Å². The number of carbonyl (C=O) groups is 1. The third-order valence-corrected chi connectivity index (χ3v) is 4.66. The second-order valence-electron chi connectivity index (χ2n) is 6.26. The van der Waals surface area contributed by atoms with Crippen LogP contribution in [0.4, 0.5) is 10.5 Å². The van der Waals surface area contributed by atoms with Crippen LogP contribution in [0.15, 0.2) is 72.9 Å². The zero-order valence-corrected chi connectivity index (χ0v) is 14.2. The van der Waals surface area contributed by atoms with Gasteiger partial charge in [-0.05, 0) is 35.9 Å². The van der Waals surface area contributed by atoms with Gasteiger partial charge < -0.3 is 14.8 Å². The van der Waals surface area contributed by atoms with E-state index in [1.54, 1.807) is 24.3 Å². The van der Waals surface area contributed by atoms with Crippen molar-refractivity contribution in [2.75, 3.05) is 11.9 Å². The molecule has 0 spiro atoms. The first-order chi connectivity index (χ1) is 12.8. The summed E-state index contributed by atoms with van der Waals surface area (Å²) in [6.07, 6.45) is 2.05. The van der Waals surface area contributed by atoms with Crippen LogP contribution in [0.2, 0.25) is 0 Å². The smallest absolute Gasteiger partial charge is 0.322 e. The van der Waals surface area contributed by atoms with E-state index in [1.807, 2.05) is 41.3 Å². The maximum atomic E-state index is 13.0. The molecule has 4 rings (SSSR count). The van der Waals surface area contributed by atoms with Crippen molar-refractivity contribution >= 4 is 11.7 Å². The van der Waals surface area contributed by atoms with Crippen molar-refractivity contribution in [2.45, 2.75) is 12.6 Å². The van der Waals surface area contributed by atoms with Crippen molar-refractivity contribution in [3.8, 4) is 6.07 Å². The summed E-state index contributed by atoms with van der Waals surface area (Å²) < 4.78 is 2.19. The van der Waals surface area contributed by atoms with Crippen LogP contribution in [-0.4, -0.2) is 22.0 Å². The average Bonchev–Trinajstić information content (AvgIpc) is 3.16. The number of nitrogens with zero attached hydrogens (tertiary/aromatic N) is 3. The highest BCUT2D eigenvalue weighted by molar-refractivity contribution is 5.90. The van der Waals surface area contributed by atoms with Gasteiger partial charge in [-0.2, -0.15) is 5.26 Å². The van der Waals surface area contributed by atoms with Gasteiger partial charge in [0.15, 0.2) is 0 Å². The number of amides is 2. The van der Waals surface area contributed by atoms with Crippen LogP contribution in [0.5, 0.6) is 0 Å². The molecule has 1 unspecified atom stereocenters. The van der Waals surface area contributed by atoms with Gasteiger partial charge in [0.2, 0.25) is 0 Å². The molecule has 1 N–H and O–H groups in total. The molecule has 0 saturated carbocycles. The highest BCUT2D eigenvalue weighted by atomic mass is 16.2. The van der Waals surface area contributed by atoms with Crippen LogP contribution >= 0.6 is 0 Å². The van der Waals surface area contributed by atoms with Crippen molar-refractivity contribution in [2.24, 2.45) is 0 Å². The average molecular weight is 342 g/mol. The summed E-state index contributed by atoms with van der Waals surface area (Å²) in [6.45, 7) is 1.38. The quantitative estimate of drug-likeness (QED) is 0.765. The summed E-state index contributed by atoms with van der Waals surface area (Å²) in [7, 11) is 0. The number of nitriles is 1. The lowest BCUT2D eigenvalue weighted by Crippen LogP contribution is -2.44. The van der Waals surface area contributed by atoms with E-state index in [0.717, 1.165) is 17.8 Å². The van der Waals surface area contributed by atoms with E-state index in [1.165, 1.54) is 0 Å². The second-order valence-corrected chi connectivity index (χ2v) is 6.26. The van der Waals surface area contributed by atoms with Gasteiger partial charge in [-0.15, -0.1) is 0 Å². The van der Waals surface area contributed by atoms with E-state index in [4.69, 9.17) is 5.26 Å². The molecule has 0 aliphatic carbocycles. The Hall–Kier alpha value is -3.52. The van der Waals surface area contributed by atoms with Gasteiger partial charge in [0.25, 0.3) is 0 Å². The third-order valence-electron chi connectivity index (χ3n) is 4.66. The first-order valence-electron chi connectivity index (χ1n) is 8.54. The predicted octanol–water partition coefficient (Wildman–Crippen LogP) is 4.00.